The minimum absolute atomic E-state index is 0.0794. The number of ether oxygens (including phenoxy) is 1. The summed E-state index contributed by atoms with van der Waals surface area (Å²) in [6.45, 7) is 5.84. The van der Waals surface area contributed by atoms with Crippen LogP contribution in [0.15, 0.2) is 6.07 Å². The van der Waals surface area contributed by atoms with E-state index in [1.54, 1.807) is 17.7 Å². The highest BCUT2D eigenvalue weighted by atomic mass is 16.5. The molecular weight excluding hydrogens is 246 g/mol. The van der Waals surface area contributed by atoms with Gasteiger partial charge in [0.25, 0.3) is 0 Å². The Morgan fingerprint density at radius 2 is 2.32 bits per heavy atom. The van der Waals surface area contributed by atoms with E-state index in [1.807, 2.05) is 13.8 Å². The fraction of sp³-hybridized carbons (Fsp3) is 0.615. The third kappa shape index (κ3) is 4.07. The molecule has 0 aliphatic rings. The van der Waals surface area contributed by atoms with Crippen LogP contribution in [0.2, 0.25) is 0 Å². The first-order chi connectivity index (χ1) is 8.93. The molecule has 0 saturated heterocycles. The molecule has 0 aliphatic carbocycles. The van der Waals surface area contributed by atoms with Crippen LogP contribution >= 0.6 is 0 Å². The van der Waals surface area contributed by atoms with Crippen molar-refractivity contribution in [3.05, 3.63) is 17.5 Å². The Kier molecular flexibility index (Phi) is 5.07. The van der Waals surface area contributed by atoms with Crippen molar-refractivity contribution in [2.24, 2.45) is 5.41 Å². The van der Waals surface area contributed by atoms with Crippen LogP contribution in [0.1, 0.15) is 37.0 Å². The van der Waals surface area contributed by atoms with E-state index in [2.05, 4.69) is 11.2 Å². The molecule has 0 spiro atoms. The van der Waals surface area contributed by atoms with Crippen molar-refractivity contribution in [2.75, 3.05) is 13.2 Å². The zero-order valence-corrected chi connectivity index (χ0v) is 11.5. The Bertz CT molecular complexity index is 486. The number of aliphatic hydroxyl groups excluding tert-OH is 1. The van der Waals surface area contributed by atoms with Crippen LogP contribution in [0.5, 0.6) is 0 Å². The van der Waals surface area contributed by atoms with Crippen LogP contribution in [0.3, 0.4) is 0 Å². The fourth-order valence-electron chi connectivity index (χ4n) is 1.68. The molecule has 0 aromatic carbocycles. The first kappa shape index (κ1) is 15.2. The van der Waals surface area contributed by atoms with Crippen molar-refractivity contribution in [1.82, 2.24) is 9.78 Å². The largest absolute Gasteiger partial charge is 0.461 e. The van der Waals surface area contributed by atoms with Crippen LogP contribution in [0, 0.1) is 16.7 Å². The van der Waals surface area contributed by atoms with Gasteiger partial charge in [0.2, 0.25) is 0 Å². The van der Waals surface area contributed by atoms with Gasteiger partial charge in [0, 0.05) is 12.1 Å². The molecule has 104 valence electrons. The Balaban J connectivity index is 3.02. The third-order valence-electron chi connectivity index (χ3n) is 2.59. The lowest BCUT2D eigenvalue weighted by Crippen LogP contribution is -2.17. The number of nitrogens with zero attached hydrogens (tertiary/aromatic N) is 3. The van der Waals surface area contributed by atoms with E-state index in [4.69, 9.17) is 15.1 Å². The second kappa shape index (κ2) is 6.34. The van der Waals surface area contributed by atoms with E-state index >= 15 is 0 Å². The second-order valence-electron chi connectivity index (χ2n) is 4.86. The Morgan fingerprint density at radius 1 is 1.63 bits per heavy atom. The van der Waals surface area contributed by atoms with Crippen molar-refractivity contribution in [3.63, 3.8) is 0 Å². The number of nitriles is 1. The second-order valence-corrected chi connectivity index (χ2v) is 4.86. The number of rotatable bonds is 6. The molecule has 1 rings (SSSR count). The summed E-state index contributed by atoms with van der Waals surface area (Å²) >= 11 is 0. The summed E-state index contributed by atoms with van der Waals surface area (Å²) < 4.78 is 6.44. The highest BCUT2D eigenvalue weighted by Gasteiger charge is 2.22. The van der Waals surface area contributed by atoms with Gasteiger partial charge >= 0.3 is 5.97 Å². The average Bonchev–Trinajstić information content (AvgIpc) is 2.73. The number of esters is 1. The molecule has 6 heteroatoms. The summed E-state index contributed by atoms with van der Waals surface area (Å²) in [4.78, 5) is 11.6. The topological polar surface area (TPSA) is 88.1 Å². The summed E-state index contributed by atoms with van der Waals surface area (Å²) in [5.74, 6) is -0.491. The van der Waals surface area contributed by atoms with Crippen LogP contribution in [-0.4, -0.2) is 34.1 Å². The highest BCUT2D eigenvalue weighted by molar-refractivity contribution is 5.87. The van der Waals surface area contributed by atoms with Crippen molar-refractivity contribution in [2.45, 2.75) is 33.7 Å². The predicted octanol–water partition coefficient (Wildman–Crippen LogP) is 1.14. The van der Waals surface area contributed by atoms with E-state index in [9.17, 15) is 4.79 Å². The average molecular weight is 265 g/mol. The molecule has 0 fully saturated rings. The predicted molar refractivity (Wildman–Crippen MR) is 68.4 cm³/mol. The monoisotopic (exact) mass is 265 g/mol. The molecular formula is C13H19N3O3. The molecule has 19 heavy (non-hydrogen) atoms. The molecule has 0 atom stereocenters. The molecule has 0 unspecified atom stereocenters. The molecule has 6 nitrogen and oxygen atoms in total. The number of aromatic nitrogens is 2. The van der Waals surface area contributed by atoms with Crippen molar-refractivity contribution in [3.8, 4) is 6.07 Å². The molecule has 0 radical (unpaired) electrons. The fourth-order valence-corrected chi connectivity index (χ4v) is 1.68. The Hall–Kier alpha value is -1.87. The third-order valence-corrected chi connectivity index (χ3v) is 2.59. The van der Waals surface area contributed by atoms with Gasteiger partial charge in [-0.3, -0.25) is 4.68 Å². The maximum Gasteiger partial charge on any atom is 0.358 e. The van der Waals surface area contributed by atoms with Crippen molar-refractivity contribution < 1.29 is 14.6 Å². The number of carbonyl (C=O) groups is 1. The Morgan fingerprint density at radius 3 is 2.84 bits per heavy atom. The lowest BCUT2D eigenvalue weighted by atomic mass is 9.89. The standard InChI is InChI=1S/C13H19N3O3/c1-4-19-12(18)11-7-10(8-13(2,3)9-14)16(15-11)5-6-17/h7,17H,4-6,8H2,1-3H3. The van der Waals surface area contributed by atoms with Gasteiger partial charge in [-0.15, -0.1) is 0 Å². The van der Waals surface area contributed by atoms with E-state index in [0.717, 1.165) is 5.69 Å². The lowest BCUT2D eigenvalue weighted by molar-refractivity contribution is 0.0518. The number of hydrogen-bond acceptors (Lipinski definition) is 5. The van der Waals surface area contributed by atoms with E-state index in [0.29, 0.717) is 6.42 Å². The smallest absolute Gasteiger partial charge is 0.358 e. The maximum atomic E-state index is 11.6. The van der Waals surface area contributed by atoms with Crippen LogP contribution in [0.4, 0.5) is 0 Å². The first-order valence-electron chi connectivity index (χ1n) is 6.19. The van der Waals surface area contributed by atoms with Crippen LogP contribution < -0.4 is 0 Å². The molecule has 0 saturated carbocycles. The maximum absolute atomic E-state index is 11.6. The van der Waals surface area contributed by atoms with Crippen molar-refractivity contribution in [1.29, 1.82) is 5.26 Å². The van der Waals surface area contributed by atoms with E-state index in [-0.39, 0.29) is 25.5 Å². The molecule has 1 N–H and O–H groups in total. The van der Waals surface area contributed by atoms with Gasteiger partial charge in [-0.1, -0.05) is 0 Å². The number of aliphatic hydroxyl groups is 1. The highest BCUT2D eigenvalue weighted by Crippen LogP contribution is 2.21. The quantitative estimate of drug-likeness (QED) is 0.779. The lowest BCUT2D eigenvalue weighted by Gasteiger charge is -2.15. The summed E-state index contributed by atoms with van der Waals surface area (Å²) in [7, 11) is 0. The van der Waals surface area contributed by atoms with E-state index in [1.165, 1.54) is 0 Å². The van der Waals surface area contributed by atoms with Gasteiger partial charge in [-0.05, 0) is 26.8 Å². The summed E-state index contributed by atoms with van der Waals surface area (Å²) in [5, 5.41) is 22.2. The number of carbonyl (C=O) groups excluding carboxylic acids is 1. The van der Waals surface area contributed by atoms with Gasteiger partial charge in [-0.2, -0.15) is 10.4 Å². The van der Waals surface area contributed by atoms with Crippen molar-refractivity contribution >= 4 is 5.97 Å². The van der Waals surface area contributed by atoms with E-state index < -0.39 is 11.4 Å². The van der Waals surface area contributed by atoms with Crippen LogP contribution in [0.25, 0.3) is 0 Å². The van der Waals surface area contributed by atoms with Gasteiger partial charge < -0.3 is 9.84 Å². The minimum Gasteiger partial charge on any atom is -0.461 e. The van der Waals surface area contributed by atoms with Crippen LogP contribution in [-0.2, 0) is 17.7 Å². The molecule has 1 heterocycles. The van der Waals surface area contributed by atoms with Gasteiger partial charge in [-0.25, -0.2) is 4.79 Å². The molecule has 0 aliphatic heterocycles. The summed E-state index contributed by atoms with van der Waals surface area (Å²) in [6, 6.07) is 3.82. The zero-order valence-electron chi connectivity index (χ0n) is 11.5. The molecule has 0 bridgehead atoms. The molecule has 0 amide bonds. The minimum atomic E-state index is -0.556. The van der Waals surface area contributed by atoms with Gasteiger partial charge in [0.05, 0.1) is 31.2 Å². The van der Waals surface area contributed by atoms with Gasteiger partial charge in [0.15, 0.2) is 5.69 Å². The zero-order chi connectivity index (χ0) is 14.5. The Labute approximate surface area is 112 Å². The summed E-state index contributed by atoms with van der Waals surface area (Å²) in [5.41, 5.74) is 0.391. The first-order valence-corrected chi connectivity index (χ1v) is 6.19. The normalized spacial score (nSPS) is 11.1. The SMILES string of the molecule is CCOC(=O)c1cc(CC(C)(C)C#N)n(CCO)n1. The van der Waals surface area contributed by atoms with Gasteiger partial charge in [0.1, 0.15) is 0 Å². The molecule has 1 aromatic heterocycles. The summed E-state index contributed by atoms with van der Waals surface area (Å²) in [6.07, 6.45) is 0.454. The number of hydrogen-bond donors (Lipinski definition) is 1. The molecule has 1 aromatic rings.